The van der Waals surface area contributed by atoms with Crippen LogP contribution in [0.4, 0.5) is 19.0 Å². The average molecular weight is 536 g/mol. The summed E-state index contributed by atoms with van der Waals surface area (Å²) < 4.78 is 45.3. The smallest absolute Gasteiger partial charge is 0.391 e. The predicted octanol–water partition coefficient (Wildman–Crippen LogP) is 6.16. The first-order chi connectivity index (χ1) is 18.2. The standard InChI is InChI=1S/C28H36F3N3O4/c1-2-3-4-5-6-24(38-23-10-7-20(8-11-23)27(37)32-16-13-26(35)36)21-9-12-25(33-19-21)34-17-14-22(15-18-34)28(29,30)31/h7-12,19,22,24H,2-6,13-18H2,1H3,(H,32,37)(H,35,36). The summed E-state index contributed by atoms with van der Waals surface area (Å²) in [6.07, 6.45) is 2.38. The third-order valence-corrected chi connectivity index (χ3v) is 6.76. The van der Waals surface area contributed by atoms with Crippen molar-refractivity contribution in [2.75, 3.05) is 24.5 Å². The second-order valence-corrected chi connectivity index (χ2v) is 9.63. The first kappa shape index (κ1) is 29.3. The number of nitrogens with zero attached hydrogens (tertiary/aromatic N) is 2. The lowest BCUT2D eigenvalue weighted by molar-refractivity contribution is -0.179. The maximum atomic E-state index is 13.0. The molecule has 2 aromatic rings. The van der Waals surface area contributed by atoms with E-state index in [-0.39, 0.29) is 37.8 Å². The summed E-state index contributed by atoms with van der Waals surface area (Å²) in [5, 5.41) is 11.3. The lowest BCUT2D eigenvalue weighted by Gasteiger charge is -2.33. The summed E-state index contributed by atoms with van der Waals surface area (Å²) in [7, 11) is 0. The molecule has 0 radical (unpaired) electrons. The number of nitrogens with one attached hydrogen (secondary N) is 1. The number of benzene rings is 1. The summed E-state index contributed by atoms with van der Waals surface area (Å²) in [6.45, 7) is 2.84. The van der Waals surface area contributed by atoms with Gasteiger partial charge >= 0.3 is 12.1 Å². The van der Waals surface area contributed by atoms with Crippen molar-refractivity contribution in [3.63, 3.8) is 0 Å². The molecule has 1 aromatic carbocycles. The molecular formula is C28H36F3N3O4. The summed E-state index contributed by atoms with van der Waals surface area (Å²) in [6, 6.07) is 10.4. The number of pyridine rings is 1. The van der Waals surface area contributed by atoms with Crippen LogP contribution in [0, 0.1) is 5.92 Å². The number of hydrogen-bond acceptors (Lipinski definition) is 5. The van der Waals surface area contributed by atoms with Crippen LogP contribution in [0.1, 0.15) is 80.3 Å². The van der Waals surface area contributed by atoms with E-state index in [4.69, 9.17) is 9.84 Å². The van der Waals surface area contributed by atoms with E-state index in [9.17, 15) is 22.8 Å². The van der Waals surface area contributed by atoms with E-state index < -0.39 is 18.1 Å². The fourth-order valence-corrected chi connectivity index (χ4v) is 4.50. The average Bonchev–Trinajstić information content (AvgIpc) is 2.90. The van der Waals surface area contributed by atoms with Crippen molar-refractivity contribution in [2.45, 2.75) is 70.6 Å². The van der Waals surface area contributed by atoms with Crippen LogP contribution in [0.3, 0.4) is 0 Å². The molecule has 0 bridgehead atoms. The van der Waals surface area contributed by atoms with E-state index in [1.54, 1.807) is 30.5 Å². The number of unbranched alkanes of at least 4 members (excludes halogenated alkanes) is 3. The quantitative estimate of drug-likeness (QED) is 0.299. The highest BCUT2D eigenvalue weighted by Crippen LogP contribution is 2.35. The number of alkyl halides is 3. The Labute approximate surface area is 221 Å². The number of piperidine rings is 1. The molecule has 1 fully saturated rings. The Bertz CT molecular complexity index is 1020. The summed E-state index contributed by atoms with van der Waals surface area (Å²) in [4.78, 5) is 29.3. The zero-order valence-electron chi connectivity index (χ0n) is 21.7. The second kappa shape index (κ2) is 14.0. The molecule has 1 amide bonds. The van der Waals surface area contributed by atoms with E-state index >= 15 is 0 Å². The number of carboxylic acids is 1. The normalized spacial score (nSPS) is 15.2. The van der Waals surface area contributed by atoms with E-state index in [0.717, 1.165) is 37.7 Å². The van der Waals surface area contributed by atoms with E-state index in [0.29, 0.717) is 30.2 Å². The topological polar surface area (TPSA) is 91.8 Å². The summed E-state index contributed by atoms with van der Waals surface area (Å²) >= 11 is 0. The lowest BCUT2D eigenvalue weighted by Crippen LogP contribution is -2.39. The minimum Gasteiger partial charge on any atom is -0.486 e. The van der Waals surface area contributed by atoms with Gasteiger partial charge in [0, 0.05) is 37.0 Å². The molecule has 1 saturated heterocycles. The number of halogens is 3. The minimum atomic E-state index is -4.14. The first-order valence-corrected chi connectivity index (χ1v) is 13.2. The van der Waals surface area contributed by atoms with Crippen molar-refractivity contribution >= 4 is 17.7 Å². The molecule has 0 aliphatic carbocycles. The van der Waals surface area contributed by atoms with Crippen molar-refractivity contribution in [3.05, 3.63) is 53.7 Å². The van der Waals surface area contributed by atoms with Crippen LogP contribution in [0.25, 0.3) is 0 Å². The van der Waals surface area contributed by atoms with Gasteiger partial charge < -0.3 is 20.1 Å². The van der Waals surface area contributed by atoms with Gasteiger partial charge in [-0.15, -0.1) is 0 Å². The molecule has 1 unspecified atom stereocenters. The molecule has 1 aliphatic rings. The number of carbonyl (C=O) groups excluding carboxylic acids is 1. The molecule has 38 heavy (non-hydrogen) atoms. The maximum Gasteiger partial charge on any atom is 0.391 e. The molecule has 3 rings (SSSR count). The molecule has 0 saturated carbocycles. The molecule has 1 atom stereocenters. The number of carboxylic acid groups (broad SMARTS) is 1. The van der Waals surface area contributed by atoms with Gasteiger partial charge in [-0.05, 0) is 56.0 Å². The molecule has 1 aromatic heterocycles. The SMILES string of the molecule is CCCCCCC(Oc1ccc(C(=O)NCCC(=O)O)cc1)c1ccc(N2CCC(C(F)(F)F)CC2)nc1. The number of aliphatic carboxylic acids is 1. The van der Waals surface area contributed by atoms with Crippen LogP contribution in [0.15, 0.2) is 42.6 Å². The molecule has 1 aliphatic heterocycles. The third kappa shape index (κ3) is 8.92. The number of rotatable bonds is 13. The monoisotopic (exact) mass is 535 g/mol. The maximum absolute atomic E-state index is 13.0. The van der Waals surface area contributed by atoms with Gasteiger partial charge in [0.25, 0.3) is 5.91 Å². The van der Waals surface area contributed by atoms with Crippen molar-refractivity contribution < 1.29 is 32.6 Å². The highest BCUT2D eigenvalue weighted by Gasteiger charge is 2.41. The van der Waals surface area contributed by atoms with Gasteiger partial charge in [-0.3, -0.25) is 9.59 Å². The van der Waals surface area contributed by atoms with Gasteiger partial charge in [0.1, 0.15) is 17.7 Å². The van der Waals surface area contributed by atoms with Crippen LogP contribution in [-0.2, 0) is 4.79 Å². The van der Waals surface area contributed by atoms with Gasteiger partial charge in [0.05, 0.1) is 12.3 Å². The Balaban J connectivity index is 1.64. The fourth-order valence-electron chi connectivity index (χ4n) is 4.50. The van der Waals surface area contributed by atoms with Gasteiger partial charge in [-0.1, -0.05) is 32.3 Å². The number of hydrogen-bond donors (Lipinski definition) is 2. The van der Waals surface area contributed by atoms with Crippen LogP contribution >= 0.6 is 0 Å². The Kier molecular flexibility index (Phi) is 10.8. The molecular weight excluding hydrogens is 499 g/mol. The zero-order chi connectivity index (χ0) is 27.5. The van der Waals surface area contributed by atoms with Crippen molar-refractivity contribution in [1.29, 1.82) is 0 Å². The molecule has 2 heterocycles. The number of carbonyl (C=O) groups is 2. The number of amides is 1. The number of ether oxygens (including phenoxy) is 1. The Morgan fingerprint density at radius 1 is 1.11 bits per heavy atom. The van der Waals surface area contributed by atoms with Gasteiger partial charge in [0.15, 0.2) is 0 Å². The van der Waals surface area contributed by atoms with Crippen LogP contribution in [-0.4, -0.2) is 47.8 Å². The predicted molar refractivity (Wildman–Crippen MR) is 138 cm³/mol. The molecule has 2 N–H and O–H groups in total. The number of anilines is 1. The second-order valence-electron chi connectivity index (χ2n) is 9.63. The summed E-state index contributed by atoms with van der Waals surface area (Å²) in [5.74, 6) is -1.33. The first-order valence-electron chi connectivity index (χ1n) is 13.2. The van der Waals surface area contributed by atoms with E-state index in [2.05, 4.69) is 17.2 Å². The van der Waals surface area contributed by atoms with E-state index in [1.807, 2.05) is 17.0 Å². The highest BCUT2D eigenvalue weighted by atomic mass is 19.4. The highest BCUT2D eigenvalue weighted by molar-refractivity contribution is 5.94. The minimum absolute atomic E-state index is 0.0512. The lowest BCUT2D eigenvalue weighted by atomic mass is 9.96. The molecule has 208 valence electrons. The Morgan fingerprint density at radius 2 is 1.82 bits per heavy atom. The fraction of sp³-hybridized carbons (Fsp3) is 0.536. The molecule has 10 heteroatoms. The Morgan fingerprint density at radius 3 is 2.39 bits per heavy atom. The van der Waals surface area contributed by atoms with Crippen molar-refractivity contribution in [1.82, 2.24) is 10.3 Å². The van der Waals surface area contributed by atoms with E-state index in [1.165, 1.54) is 0 Å². The van der Waals surface area contributed by atoms with Crippen molar-refractivity contribution in [3.8, 4) is 5.75 Å². The van der Waals surface area contributed by atoms with Crippen LogP contribution in [0.5, 0.6) is 5.75 Å². The van der Waals surface area contributed by atoms with Gasteiger partial charge in [0.2, 0.25) is 0 Å². The number of aromatic nitrogens is 1. The largest absolute Gasteiger partial charge is 0.486 e. The molecule has 7 nitrogen and oxygen atoms in total. The van der Waals surface area contributed by atoms with Crippen LogP contribution < -0.4 is 15.0 Å². The molecule has 0 spiro atoms. The Hall–Kier alpha value is -3.30. The third-order valence-electron chi connectivity index (χ3n) is 6.76. The summed E-state index contributed by atoms with van der Waals surface area (Å²) in [5.41, 5.74) is 1.29. The zero-order valence-corrected chi connectivity index (χ0v) is 21.7. The van der Waals surface area contributed by atoms with Gasteiger partial charge in [-0.2, -0.15) is 13.2 Å². The van der Waals surface area contributed by atoms with Gasteiger partial charge in [-0.25, -0.2) is 4.98 Å². The van der Waals surface area contributed by atoms with Crippen LogP contribution in [0.2, 0.25) is 0 Å². The van der Waals surface area contributed by atoms with Crippen molar-refractivity contribution in [2.24, 2.45) is 5.92 Å².